The highest BCUT2D eigenvalue weighted by Gasteiger charge is 2.20. The number of halogens is 2. The number of ether oxygens (including phenoxy) is 1. The van der Waals surface area contributed by atoms with Gasteiger partial charge in [0.1, 0.15) is 10.8 Å². The summed E-state index contributed by atoms with van der Waals surface area (Å²) in [5.74, 6) is 0.582. The van der Waals surface area contributed by atoms with Crippen LogP contribution in [-0.2, 0) is 0 Å². The van der Waals surface area contributed by atoms with Gasteiger partial charge in [0.05, 0.1) is 4.92 Å². The molecule has 2 aromatic carbocycles. The van der Waals surface area contributed by atoms with E-state index in [9.17, 15) is 10.1 Å². The number of hydrogen-bond acceptors (Lipinski definition) is 3. The predicted octanol–water partition coefficient (Wildman–Crippen LogP) is 5.31. The molecule has 0 unspecified atom stereocenters. The number of benzene rings is 2. The first-order valence-electron chi connectivity index (χ1n) is 5.77. The van der Waals surface area contributed by atoms with Crippen LogP contribution in [0, 0.1) is 24.0 Å². The average Bonchev–Trinajstić information content (AvgIpc) is 2.35. The summed E-state index contributed by atoms with van der Waals surface area (Å²) >= 11 is 11.9. The Bertz CT molecular complexity index is 663. The van der Waals surface area contributed by atoms with Gasteiger partial charge in [-0.05, 0) is 49.2 Å². The molecule has 0 atom stereocenters. The molecular weight excluding hydrogens is 301 g/mol. The van der Waals surface area contributed by atoms with Crippen LogP contribution in [0.2, 0.25) is 10.0 Å². The van der Waals surface area contributed by atoms with Crippen LogP contribution < -0.4 is 4.74 Å². The molecule has 0 aliphatic rings. The largest absolute Gasteiger partial charge is 0.450 e. The molecule has 0 aliphatic carbocycles. The van der Waals surface area contributed by atoms with Crippen LogP contribution in [0.1, 0.15) is 11.1 Å². The Morgan fingerprint density at radius 2 is 1.75 bits per heavy atom. The van der Waals surface area contributed by atoms with Crippen molar-refractivity contribution in [2.75, 3.05) is 0 Å². The van der Waals surface area contributed by atoms with Crippen molar-refractivity contribution in [3.63, 3.8) is 0 Å². The van der Waals surface area contributed by atoms with Gasteiger partial charge in [-0.2, -0.15) is 0 Å². The second-order valence-corrected chi connectivity index (χ2v) is 5.10. The molecule has 0 amide bonds. The minimum absolute atomic E-state index is 0.0370. The van der Waals surface area contributed by atoms with E-state index in [2.05, 4.69) is 0 Å². The van der Waals surface area contributed by atoms with Crippen LogP contribution in [0.15, 0.2) is 30.3 Å². The number of rotatable bonds is 3. The van der Waals surface area contributed by atoms with E-state index in [4.69, 9.17) is 27.9 Å². The number of aryl methyl sites for hydroxylation is 2. The van der Waals surface area contributed by atoms with Crippen LogP contribution in [0.25, 0.3) is 0 Å². The number of nitro benzene ring substituents is 1. The lowest BCUT2D eigenvalue weighted by Gasteiger charge is -2.10. The maximum atomic E-state index is 11.0. The average molecular weight is 312 g/mol. The van der Waals surface area contributed by atoms with Gasteiger partial charge in [0.2, 0.25) is 5.75 Å². The molecule has 0 radical (unpaired) electrons. The van der Waals surface area contributed by atoms with Crippen molar-refractivity contribution in [3.8, 4) is 11.5 Å². The second-order valence-electron chi connectivity index (χ2n) is 4.32. The number of hydrogen-bond donors (Lipinski definition) is 0. The van der Waals surface area contributed by atoms with Gasteiger partial charge < -0.3 is 4.74 Å². The summed E-state index contributed by atoms with van der Waals surface area (Å²) in [6.07, 6.45) is 0. The topological polar surface area (TPSA) is 52.4 Å². The molecule has 0 heterocycles. The zero-order chi connectivity index (χ0) is 14.9. The van der Waals surface area contributed by atoms with Crippen molar-refractivity contribution >= 4 is 28.9 Å². The maximum absolute atomic E-state index is 11.0. The van der Waals surface area contributed by atoms with E-state index in [0.717, 1.165) is 11.1 Å². The molecule has 0 N–H and O–H groups in total. The summed E-state index contributed by atoms with van der Waals surface area (Å²) in [5, 5.41) is 11.7. The molecule has 0 fully saturated rings. The van der Waals surface area contributed by atoms with Gasteiger partial charge in [-0.15, -0.1) is 0 Å². The fourth-order valence-corrected chi connectivity index (χ4v) is 2.19. The van der Waals surface area contributed by atoms with Crippen molar-refractivity contribution in [3.05, 3.63) is 61.6 Å². The lowest BCUT2D eigenvalue weighted by molar-refractivity contribution is -0.385. The van der Waals surface area contributed by atoms with Crippen molar-refractivity contribution in [2.45, 2.75) is 13.8 Å². The summed E-state index contributed by atoms with van der Waals surface area (Å²) in [6, 6.07) is 7.99. The zero-order valence-corrected chi connectivity index (χ0v) is 12.3. The fourth-order valence-electron chi connectivity index (χ4n) is 1.85. The molecule has 0 spiro atoms. The zero-order valence-electron chi connectivity index (χ0n) is 10.8. The van der Waals surface area contributed by atoms with Crippen molar-refractivity contribution < 1.29 is 9.66 Å². The predicted molar refractivity (Wildman–Crippen MR) is 79.1 cm³/mol. The van der Waals surface area contributed by atoms with Gasteiger partial charge in [0, 0.05) is 5.02 Å². The molecule has 0 bridgehead atoms. The Kier molecular flexibility index (Phi) is 4.16. The monoisotopic (exact) mass is 311 g/mol. The molecule has 0 aliphatic heterocycles. The van der Waals surface area contributed by atoms with E-state index in [1.165, 1.54) is 12.1 Å². The van der Waals surface area contributed by atoms with Crippen LogP contribution in [0.5, 0.6) is 11.5 Å². The van der Waals surface area contributed by atoms with Crippen molar-refractivity contribution in [2.24, 2.45) is 0 Å². The Morgan fingerprint density at radius 3 is 2.30 bits per heavy atom. The van der Waals surface area contributed by atoms with Crippen LogP contribution in [0.4, 0.5) is 5.69 Å². The van der Waals surface area contributed by atoms with E-state index in [0.29, 0.717) is 10.8 Å². The molecule has 2 rings (SSSR count). The van der Waals surface area contributed by atoms with Gasteiger partial charge >= 0.3 is 5.69 Å². The summed E-state index contributed by atoms with van der Waals surface area (Å²) < 4.78 is 5.58. The third-order valence-electron chi connectivity index (χ3n) is 2.77. The Morgan fingerprint density at radius 1 is 1.15 bits per heavy atom. The summed E-state index contributed by atoms with van der Waals surface area (Å²) in [4.78, 5) is 10.5. The van der Waals surface area contributed by atoms with Crippen LogP contribution in [-0.4, -0.2) is 4.92 Å². The smallest absolute Gasteiger partial charge is 0.329 e. The Balaban J connectivity index is 2.45. The molecule has 2 aromatic rings. The minimum Gasteiger partial charge on any atom is -0.450 e. The van der Waals surface area contributed by atoms with Gasteiger partial charge in [0.15, 0.2) is 0 Å². The van der Waals surface area contributed by atoms with E-state index in [1.807, 2.05) is 13.8 Å². The fraction of sp³-hybridized carbons (Fsp3) is 0.143. The van der Waals surface area contributed by atoms with Gasteiger partial charge in [0.25, 0.3) is 0 Å². The summed E-state index contributed by atoms with van der Waals surface area (Å²) in [6.45, 7) is 3.68. The van der Waals surface area contributed by atoms with Crippen molar-refractivity contribution in [1.82, 2.24) is 0 Å². The summed E-state index contributed by atoms with van der Waals surface area (Å²) in [5.41, 5.74) is 1.43. The highest BCUT2D eigenvalue weighted by Crippen LogP contribution is 2.38. The number of nitro groups is 1. The molecule has 0 saturated heterocycles. The molecule has 0 saturated carbocycles. The number of para-hydroxylation sites is 1. The van der Waals surface area contributed by atoms with Crippen molar-refractivity contribution in [1.29, 1.82) is 0 Å². The second kappa shape index (κ2) is 5.69. The Hall–Kier alpha value is -1.78. The first kappa shape index (κ1) is 14.6. The minimum atomic E-state index is -0.562. The van der Waals surface area contributed by atoms with E-state index < -0.39 is 4.92 Å². The lowest BCUT2D eigenvalue weighted by Crippen LogP contribution is -1.95. The molecule has 20 heavy (non-hydrogen) atoms. The summed E-state index contributed by atoms with van der Waals surface area (Å²) in [7, 11) is 0. The first-order chi connectivity index (χ1) is 9.40. The molecule has 104 valence electrons. The lowest BCUT2D eigenvalue weighted by atomic mass is 10.1. The van der Waals surface area contributed by atoms with Gasteiger partial charge in [-0.1, -0.05) is 29.3 Å². The van der Waals surface area contributed by atoms with Gasteiger partial charge in [-0.25, -0.2) is 0 Å². The molecular formula is C14H11Cl2NO3. The van der Waals surface area contributed by atoms with E-state index in [-0.39, 0.29) is 16.5 Å². The first-order valence-corrected chi connectivity index (χ1v) is 6.53. The SMILES string of the molecule is Cc1cc(Oc2cccc(Cl)c2[N+](=O)[O-])cc(C)c1Cl. The number of nitrogens with zero attached hydrogens (tertiary/aromatic N) is 1. The maximum Gasteiger partial charge on any atom is 0.329 e. The Labute approximate surface area is 126 Å². The third kappa shape index (κ3) is 2.86. The normalized spacial score (nSPS) is 10.4. The quantitative estimate of drug-likeness (QED) is 0.570. The molecule has 4 nitrogen and oxygen atoms in total. The highest BCUT2D eigenvalue weighted by molar-refractivity contribution is 6.33. The van der Waals surface area contributed by atoms with Crippen LogP contribution >= 0.6 is 23.2 Å². The van der Waals surface area contributed by atoms with E-state index in [1.54, 1.807) is 18.2 Å². The molecule has 6 heteroatoms. The van der Waals surface area contributed by atoms with Crippen LogP contribution in [0.3, 0.4) is 0 Å². The van der Waals surface area contributed by atoms with E-state index >= 15 is 0 Å². The third-order valence-corrected chi connectivity index (χ3v) is 3.67. The van der Waals surface area contributed by atoms with Gasteiger partial charge in [-0.3, -0.25) is 10.1 Å². The molecule has 0 aromatic heterocycles. The highest BCUT2D eigenvalue weighted by atomic mass is 35.5. The standard InChI is InChI=1S/C14H11Cl2NO3/c1-8-6-10(7-9(2)13(8)16)20-12-5-3-4-11(15)14(12)17(18)19/h3-7H,1-2H3.